The number of hydrogen-bond acceptors (Lipinski definition) is 14. The van der Waals surface area contributed by atoms with Crippen LogP contribution in [0.4, 0.5) is 0 Å². The first-order chi connectivity index (χ1) is 17.5. The Balaban J connectivity index is 2.34. The second-order valence-corrected chi connectivity index (χ2v) is 8.36. The minimum Gasteiger partial charge on any atom is -0.480 e. The van der Waals surface area contributed by atoms with Gasteiger partial charge in [0.25, 0.3) is 0 Å². The molecule has 212 valence electrons. The van der Waals surface area contributed by atoms with Gasteiger partial charge in [-0.05, 0) is 6.92 Å². The maximum atomic E-state index is 12.3. The smallest absolute Gasteiger partial charge is 0.333 e. The van der Waals surface area contributed by atoms with Crippen molar-refractivity contribution in [3.8, 4) is 0 Å². The van der Waals surface area contributed by atoms with Crippen molar-refractivity contribution in [2.75, 3.05) is 40.6 Å². The van der Waals surface area contributed by atoms with Gasteiger partial charge in [0.05, 0.1) is 13.2 Å². The molecule has 2 aliphatic rings. The molecule has 2 rings (SSSR count). The number of carboxylic acids is 1. The molecule has 2 aliphatic heterocycles. The summed E-state index contributed by atoms with van der Waals surface area (Å²) < 4.78 is 43.3. The Hall–Kier alpha value is -2.05. The molecule has 4 N–H and O–H groups in total. The first-order valence-corrected chi connectivity index (χ1v) is 11.3. The number of aliphatic hydroxyl groups is 3. The SMILES string of the molecule is C=C(C)C(=O)OC1C(OC2C(COCC(=O)O)OC(OC)C(O)C2O)OC(COCC=O)C(OC)C1O. The van der Waals surface area contributed by atoms with E-state index in [0.717, 1.165) is 0 Å². The van der Waals surface area contributed by atoms with E-state index in [4.69, 9.17) is 43.0 Å². The largest absolute Gasteiger partial charge is 0.480 e. The summed E-state index contributed by atoms with van der Waals surface area (Å²) in [6.45, 7) is 3.29. The van der Waals surface area contributed by atoms with Crippen molar-refractivity contribution >= 4 is 18.2 Å². The molecule has 0 amide bonds. The average molecular weight is 538 g/mol. The highest BCUT2D eigenvalue weighted by Crippen LogP contribution is 2.32. The Labute approximate surface area is 212 Å². The fourth-order valence-electron chi connectivity index (χ4n) is 3.83. The fraction of sp³-hybridized carbons (Fsp3) is 0.773. The van der Waals surface area contributed by atoms with E-state index in [2.05, 4.69) is 6.58 Å². The molecule has 2 saturated heterocycles. The van der Waals surface area contributed by atoms with Crippen molar-refractivity contribution in [1.29, 1.82) is 0 Å². The molecule has 37 heavy (non-hydrogen) atoms. The zero-order valence-electron chi connectivity index (χ0n) is 20.7. The normalized spacial score (nSPS) is 36.1. The number of rotatable bonds is 14. The quantitative estimate of drug-likeness (QED) is 0.0772. The predicted octanol–water partition coefficient (Wildman–Crippen LogP) is -2.63. The number of aliphatic carboxylic acids is 1. The van der Waals surface area contributed by atoms with Gasteiger partial charge in [-0.1, -0.05) is 6.58 Å². The van der Waals surface area contributed by atoms with E-state index in [1.165, 1.54) is 21.1 Å². The van der Waals surface area contributed by atoms with Crippen LogP contribution in [0.1, 0.15) is 6.92 Å². The number of ether oxygens (including phenoxy) is 8. The van der Waals surface area contributed by atoms with Gasteiger partial charge in [0.1, 0.15) is 62.2 Å². The molecule has 0 saturated carbocycles. The third kappa shape index (κ3) is 8.22. The first kappa shape index (κ1) is 31.2. The monoisotopic (exact) mass is 538 g/mol. The van der Waals surface area contributed by atoms with E-state index < -0.39 is 86.6 Å². The molecule has 0 aromatic rings. The first-order valence-electron chi connectivity index (χ1n) is 11.3. The van der Waals surface area contributed by atoms with Gasteiger partial charge in [-0.15, -0.1) is 0 Å². The molecule has 15 nitrogen and oxygen atoms in total. The Bertz CT molecular complexity index is 775. The molecule has 10 atom stereocenters. The summed E-state index contributed by atoms with van der Waals surface area (Å²) >= 11 is 0. The van der Waals surface area contributed by atoms with Crippen LogP contribution in [0.15, 0.2) is 12.2 Å². The van der Waals surface area contributed by atoms with Crippen molar-refractivity contribution in [2.24, 2.45) is 0 Å². The van der Waals surface area contributed by atoms with Crippen LogP contribution in [0.5, 0.6) is 0 Å². The molecule has 0 aromatic carbocycles. The van der Waals surface area contributed by atoms with Crippen LogP contribution < -0.4 is 0 Å². The zero-order chi connectivity index (χ0) is 27.7. The molecule has 0 aromatic heterocycles. The van der Waals surface area contributed by atoms with E-state index >= 15 is 0 Å². The lowest BCUT2D eigenvalue weighted by Crippen LogP contribution is -2.65. The minimum absolute atomic E-state index is 0.00990. The van der Waals surface area contributed by atoms with Crippen molar-refractivity contribution in [2.45, 2.75) is 68.3 Å². The predicted molar refractivity (Wildman–Crippen MR) is 118 cm³/mol. The van der Waals surface area contributed by atoms with E-state index in [0.29, 0.717) is 6.29 Å². The summed E-state index contributed by atoms with van der Waals surface area (Å²) in [5.74, 6) is -2.14. The van der Waals surface area contributed by atoms with Crippen molar-refractivity contribution in [3.63, 3.8) is 0 Å². The summed E-state index contributed by atoms with van der Waals surface area (Å²) in [5.41, 5.74) is 0.00990. The number of carboxylic acid groups (broad SMARTS) is 1. The van der Waals surface area contributed by atoms with E-state index in [9.17, 15) is 29.7 Å². The Morgan fingerprint density at radius 2 is 1.51 bits per heavy atom. The van der Waals surface area contributed by atoms with Crippen LogP contribution in [-0.2, 0) is 52.3 Å². The topological polar surface area (TPSA) is 206 Å². The number of aldehydes is 1. The highest BCUT2D eigenvalue weighted by molar-refractivity contribution is 5.87. The molecule has 10 unspecified atom stereocenters. The van der Waals surface area contributed by atoms with Crippen LogP contribution >= 0.6 is 0 Å². The van der Waals surface area contributed by atoms with Gasteiger partial charge in [0.2, 0.25) is 0 Å². The van der Waals surface area contributed by atoms with E-state index in [1.54, 1.807) is 0 Å². The fourth-order valence-corrected chi connectivity index (χ4v) is 3.83. The maximum absolute atomic E-state index is 12.3. The summed E-state index contributed by atoms with van der Waals surface area (Å²) in [4.78, 5) is 33.8. The van der Waals surface area contributed by atoms with Crippen molar-refractivity contribution in [3.05, 3.63) is 12.2 Å². The number of hydrogen-bond donors (Lipinski definition) is 4. The van der Waals surface area contributed by atoms with Crippen LogP contribution in [0, 0.1) is 0 Å². The molecule has 0 bridgehead atoms. The Morgan fingerprint density at radius 3 is 2.08 bits per heavy atom. The van der Waals surface area contributed by atoms with Crippen LogP contribution in [0.2, 0.25) is 0 Å². The summed E-state index contributed by atoms with van der Waals surface area (Å²) in [5, 5.41) is 41.0. The van der Waals surface area contributed by atoms with Crippen LogP contribution in [-0.4, -0.2) is 141 Å². The van der Waals surface area contributed by atoms with Crippen LogP contribution in [0.3, 0.4) is 0 Å². The second-order valence-electron chi connectivity index (χ2n) is 8.36. The lowest BCUT2D eigenvalue weighted by molar-refractivity contribution is -0.359. The van der Waals surface area contributed by atoms with Crippen LogP contribution in [0.25, 0.3) is 0 Å². The van der Waals surface area contributed by atoms with E-state index in [1.807, 2.05) is 0 Å². The maximum Gasteiger partial charge on any atom is 0.333 e. The third-order valence-corrected chi connectivity index (χ3v) is 5.62. The number of esters is 1. The molecular weight excluding hydrogens is 504 g/mol. The Kier molecular flexibility index (Phi) is 12.4. The molecule has 2 heterocycles. The molecule has 0 spiro atoms. The Morgan fingerprint density at radius 1 is 0.892 bits per heavy atom. The molecule has 0 aliphatic carbocycles. The standard InChI is InChI=1S/C22H34O15/c1-10(2)20(29)36-19-16(28)17(30-3)11(7-32-6-5-23)35-22(19)37-18-12(8-33-9-13(24)25)34-21(31-4)15(27)14(18)26/h5,11-12,14-19,21-22,26-28H,1,6-9H2,2-4H3,(H,24,25). The van der Waals surface area contributed by atoms with Gasteiger partial charge in [0, 0.05) is 19.8 Å². The summed E-state index contributed by atoms with van der Waals surface area (Å²) in [6.07, 6.45) is -13.4. The van der Waals surface area contributed by atoms with Gasteiger partial charge >= 0.3 is 11.9 Å². The number of carbonyl (C=O) groups excluding carboxylic acids is 2. The molecule has 0 radical (unpaired) electrons. The van der Waals surface area contributed by atoms with Crippen molar-refractivity contribution < 1.29 is 72.7 Å². The van der Waals surface area contributed by atoms with Gasteiger partial charge in [-0.2, -0.15) is 0 Å². The summed E-state index contributed by atoms with van der Waals surface area (Å²) in [6, 6.07) is 0. The van der Waals surface area contributed by atoms with Crippen molar-refractivity contribution in [1.82, 2.24) is 0 Å². The van der Waals surface area contributed by atoms with Gasteiger partial charge in [-0.3, -0.25) is 0 Å². The average Bonchev–Trinajstić information content (AvgIpc) is 2.85. The number of aliphatic hydroxyl groups excluding tert-OH is 3. The summed E-state index contributed by atoms with van der Waals surface area (Å²) in [7, 11) is 2.50. The highest BCUT2D eigenvalue weighted by atomic mass is 16.8. The number of methoxy groups -OCH3 is 2. The van der Waals surface area contributed by atoms with Gasteiger partial charge in [0.15, 0.2) is 18.7 Å². The lowest BCUT2D eigenvalue weighted by Gasteiger charge is -2.47. The zero-order valence-corrected chi connectivity index (χ0v) is 20.7. The van der Waals surface area contributed by atoms with Gasteiger partial charge in [-0.25, -0.2) is 9.59 Å². The molecule has 2 fully saturated rings. The van der Waals surface area contributed by atoms with Gasteiger partial charge < -0.3 is 63.1 Å². The highest BCUT2D eigenvalue weighted by Gasteiger charge is 2.53. The van der Waals surface area contributed by atoms with E-state index in [-0.39, 0.29) is 18.8 Å². The second kappa shape index (κ2) is 14.8. The lowest BCUT2D eigenvalue weighted by atomic mass is 9.96. The minimum atomic E-state index is -1.67. The molecular formula is C22H34O15. The third-order valence-electron chi connectivity index (χ3n) is 5.62. The number of carbonyl (C=O) groups is 3. The molecule has 15 heteroatoms.